The Morgan fingerprint density at radius 2 is 2.11 bits per heavy atom. The number of nitrogens with zero attached hydrogens (tertiary/aromatic N) is 2. The molecular weight excluding hydrogens is 247 g/mol. The number of phenolic OH excluding ortho intramolecular Hbond substituents is 1. The van der Waals surface area contributed by atoms with Crippen molar-refractivity contribution in [2.24, 2.45) is 0 Å². The zero-order valence-corrected chi connectivity index (χ0v) is 11.1. The molecule has 1 N–H and O–H groups in total. The lowest BCUT2D eigenvalue weighted by atomic mass is 10.1. The maximum Gasteiger partial charge on any atom is 0.257 e. The second-order valence-corrected chi connectivity index (χ2v) is 4.94. The first-order chi connectivity index (χ1) is 9.08. The molecule has 1 aliphatic rings. The van der Waals surface area contributed by atoms with E-state index >= 15 is 0 Å². The quantitative estimate of drug-likeness (QED) is 0.902. The smallest absolute Gasteiger partial charge is 0.257 e. The molecule has 19 heavy (non-hydrogen) atoms. The van der Waals surface area contributed by atoms with E-state index in [4.69, 9.17) is 0 Å². The van der Waals surface area contributed by atoms with Crippen molar-refractivity contribution in [3.8, 4) is 5.75 Å². The summed E-state index contributed by atoms with van der Waals surface area (Å²) in [7, 11) is 1.67. The van der Waals surface area contributed by atoms with Gasteiger partial charge in [-0.25, -0.2) is 4.39 Å². The Morgan fingerprint density at radius 1 is 1.42 bits per heavy atom. The number of carbonyl (C=O) groups excluding carboxylic acids is 1. The van der Waals surface area contributed by atoms with Crippen molar-refractivity contribution in [3.63, 3.8) is 0 Å². The van der Waals surface area contributed by atoms with Crippen LogP contribution >= 0.6 is 0 Å². The summed E-state index contributed by atoms with van der Waals surface area (Å²) in [5.74, 6) is -1.05. The topological polar surface area (TPSA) is 43.8 Å². The fourth-order valence-corrected chi connectivity index (χ4v) is 2.28. The van der Waals surface area contributed by atoms with Crippen molar-refractivity contribution in [1.29, 1.82) is 0 Å². The Bertz CT molecular complexity index is 459. The van der Waals surface area contributed by atoms with Gasteiger partial charge in [0.15, 0.2) is 0 Å². The largest absolute Gasteiger partial charge is 0.507 e. The minimum Gasteiger partial charge on any atom is -0.507 e. The number of halogens is 1. The van der Waals surface area contributed by atoms with Gasteiger partial charge in [-0.15, -0.1) is 0 Å². The fourth-order valence-electron chi connectivity index (χ4n) is 2.28. The van der Waals surface area contributed by atoms with Crippen LogP contribution in [0, 0.1) is 5.82 Å². The van der Waals surface area contributed by atoms with Gasteiger partial charge in [-0.1, -0.05) is 0 Å². The molecule has 1 heterocycles. The summed E-state index contributed by atoms with van der Waals surface area (Å²) in [5, 5.41) is 9.61. The van der Waals surface area contributed by atoms with Crippen LogP contribution < -0.4 is 0 Å². The van der Waals surface area contributed by atoms with Gasteiger partial charge in [-0.05, 0) is 44.1 Å². The van der Waals surface area contributed by atoms with Crippen LogP contribution in [0.2, 0.25) is 0 Å². The van der Waals surface area contributed by atoms with Gasteiger partial charge < -0.3 is 14.9 Å². The Balaban J connectivity index is 1.95. The van der Waals surface area contributed by atoms with Crippen LogP contribution in [0.15, 0.2) is 18.2 Å². The summed E-state index contributed by atoms with van der Waals surface area (Å²) in [5.41, 5.74) is 0.0175. The highest BCUT2D eigenvalue weighted by Crippen LogP contribution is 2.19. The van der Waals surface area contributed by atoms with Crippen LogP contribution in [0.4, 0.5) is 4.39 Å². The van der Waals surface area contributed by atoms with E-state index in [1.807, 2.05) is 0 Å². The lowest BCUT2D eigenvalue weighted by Crippen LogP contribution is -2.35. The summed E-state index contributed by atoms with van der Waals surface area (Å²) in [6.45, 7) is 3.55. The highest BCUT2D eigenvalue weighted by Gasteiger charge is 2.18. The van der Waals surface area contributed by atoms with Gasteiger partial charge in [0.05, 0.1) is 5.56 Å². The number of hydrogen-bond acceptors (Lipinski definition) is 3. The molecule has 0 aromatic heterocycles. The average Bonchev–Trinajstić information content (AvgIpc) is 2.91. The number of likely N-dealkylation sites (tertiary alicyclic amines) is 1. The molecule has 0 unspecified atom stereocenters. The van der Waals surface area contributed by atoms with Gasteiger partial charge in [0.1, 0.15) is 11.6 Å². The number of benzene rings is 1. The zero-order valence-electron chi connectivity index (χ0n) is 11.1. The third kappa shape index (κ3) is 3.44. The second kappa shape index (κ2) is 6.02. The Hall–Kier alpha value is -1.62. The van der Waals surface area contributed by atoms with Gasteiger partial charge in [0.25, 0.3) is 5.91 Å². The van der Waals surface area contributed by atoms with E-state index in [-0.39, 0.29) is 17.2 Å². The second-order valence-electron chi connectivity index (χ2n) is 4.94. The zero-order chi connectivity index (χ0) is 13.8. The number of rotatable bonds is 4. The van der Waals surface area contributed by atoms with Crippen LogP contribution in [0.25, 0.3) is 0 Å². The van der Waals surface area contributed by atoms with E-state index in [1.54, 1.807) is 7.05 Å². The first-order valence-corrected chi connectivity index (χ1v) is 6.54. The van der Waals surface area contributed by atoms with E-state index in [9.17, 15) is 14.3 Å². The molecule has 1 aliphatic heterocycles. The molecule has 104 valence electrons. The standard InChI is InChI=1S/C14H19FN2O2/c1-16(8-9-17-6-2-3-7-17)14(19)12-10-11(15)4-5-13(12)18/h4-5,10,18H,2-3,6-9H2,1H3. The summed E-state index contributed by atoms with van der Waals surface area (Å²) in [4.78, 5) is 15.9. The van der Waals surface area contributed by atoms with Crippen LogP contribution in [-0.4, -0.2) is 54.0 Å². The first-order valence-electron chi connectivity index (χ1n) is 6.54. The number of carbonyl (C=O) groups is 1. The summed E-state index contributed by atoms with van der Waals surface area (Å²) in [6, 6.07) is 3.41. The predicted molar refractivity (Wildman–Crippen MR) is 70.7 cm³/mol. The van der Waals surface area contributed by atoms with Crippen LogP contribution in [0.3, 0.4) is 0 Å². The number of aromatic hydroxyl groups is 1. The normalized spacial score (nSPS) is 15.7. The maximum atomic E-state index is 13.1. The molecule has 2 rings (SSSR count). The molecule has 1 amide bonds. The monoisotopic (exact) mass is 266 g/mol. The third-order valence-electron chi connectivity index (χ3n) is 3.49. The van der Waals surface area contributed by atoms with Crippen molar-refractivity contribution in [2.45, 2.75) is 12.8 Å². The van der Waals surface area contributed by atoms with E-state index in [0.717, 1.165) is 31.8 Å². The fraction of sp³-hybridized carbons (Fsp3) is 0.500. The van der Waals surface area contributed by atoms with Crippen molar-refractivity contribution in [3.05, 3.63) is 29.6 Å². The van der Waals surface area contributed by atoms with E-state index in [1.165, 1.54) is 23.8 Å². The molecule has 0 aliphatic carbocycles. The molecule has 0 spiro atoms. The van der Waals surface area contributed by atoms with Crippen molar-refractivity contribution in [1.82, 2.24) is 9.80 Å². The molecule has 0 saturated carbocycles. The minimum atomic E-state index is -0.519. The van der Waals surface area contributed by atoms with Crippen LogP contribution in [-0.2, 0) is 0 Å². The molecule has 0 atom stereocenters. The molecule has 1 saturated heterocycles. The number of amides is 1. The minimum absolute atomic E-state index is 0.0175. The van der Waals surface area contributed by atoms with E-state index in [0.29, 0.717) is 6.54 Å². The summed E-state index contributed by atoms with van der Waals surface area (Å²) in [6.07, 6.45) is 2.42. The molecule has 5 heteroatoms. The van der Waals surface area contributed by atoms with Gasteiger partial charge in [0.2, 0.25) is 0 Å². The Kier molecular flexibility index (Phi) is 4.37. The molecule has 4 nitrogen and oxygen atoms in total. The molecule has 1 aromatic rings. The molecule has 1 aromatic carbocycles. The molecule has 1 fully saturated rings. The highest BCUT2D eigenvalue weighted by molar-refractivity contribution is 5.96. The Morgan fingerprint density at radius 3 is 2.79 bits per heavy atom. The average molecular weight is 266 g/mol. The van der Waals surface area contributed by atoms with Gasteiger partial charge in [-0.3, -0.25) is 4.79 Å². The van der Waals surface area contributed by atoms with Gasteiger partial charge in [-0.2, -0.15) is 0 Å². The van der Waals surface area contributed by atoms with E-state index < -0.39 is 5.82 Å². The maximum absolute atomic E-state index is 13.1. The number of likely N-dealkylation sites (N-methyl/N-ethyl adjacent to an activating group) is 1. The Labute approximate surface area is 112 Å². The van der Waals surface area contributed by atoms with Crippen molar-refractivity contribution < 1.29 is 14.3 Å². The molecule has 0 bridgehead atoms. The third-order valence-corrected chi connectivity index (χ3v) is 3.49. The SMILES string of the molecule is CN(CCN1CCCC1)C(=O)c1cc(F)ccc1O. The van der Waals surface area contributed by atoms with Gasteiger partial charge >= 0.3 is 0 Å². The summed E-state index contributed by atoms with van der Waals surface area (Å²) >= 11 is 0. The van der Waals surface area contributed by atoms with Gasteiger partial charge in [0, 0.05) is 20.1 Å². The lowest BCUT2D eigenvalue weighted by molar-refractivity contribution is 0.0779. The predicted octanol–water partition coefficient (Wildman–Crippen LogP) is 1.70. The summed E-state index contributed by atoms with van der Waals surface area (Å²) < 4.78 is 13.1. The van der Waals surface area contributed by atoms with Crippen molar-refractivity contribution in [2.75, 3.05) is 33.2 Å². The van der Waals surface area contributed by atoms with Crippen LogP contribution in [0.5, 0.6) is 5.75 Å². The highest BCUT2D eigenvalue weighted by atomic mass is 19.1. The van der Waals surface area contributed by atoms with Crippen LogP contribution in [0.1, 0.15) is 23.2 Å². The lowest BCUT2D eigenvalue weighted by Gasteiger charge is -2.21. The van der Waals surface area contributed by atoms with Crippen molar-refractivity contribution >= 4 is 5.91 Å². The number of hydrogen-bond donors (Lipinski definition) is 1. The number of phenols is 1. The first kappa shape index (κ1) is 13.8. The molecular formula is C14H19FN2O2. The van der Waals surface area contributed by atoms with E-state index in [2.05, 4.69) is 4.90 Å². The molecule has 0 radical (unpaired) electrons.